The summed E-state index contributed by atoms with van der Waals surface area (Å²) in [6.45, 7) is 1.86. The van der Waals surface area contributed by atoms with Crippen LogP contribution in [0.15, 0.2) is 24.3 Å². The Kier molecular flexibility index (Phi) is 6.31. The average Bonchev–Trinajstić information content (AvgIpc) is 3.10. The lowest BCUT2D eigenvalue weighted by Gasteiger charge is -2.27. The normalized spacial score (nSPS) is 18.8. The highest BCUT2D eigenvalue weighted by Gasteiger charge is 2.36. The van der Waals surface area contributed by atoms with Crippen LogP contribution in [0.1, 0.15) is 30.9 Å². The number of amides is 1. The topological polar surface area (TPSA) is 131 Å². The van der Waals surface area contributed by atoms with E-state index in [-0.39, 0.29) is 6.42 Å². The molecule has 1 aliphatic rings. The van der Waals surface area contributed by atoms with Crippen LogP contribution < -0.4 is 5.32 Å². The van der Waals surface area contributed by atoms with Gasteiger partial charge < -0.3 is 15.1 Å². The largest absolute Gasteiger partial charge is 0.480 e. The van der Waals surface area contributed by atoms with E-state index < -0.39 is 36.0 Å². The molecule has 2 rings (SSSR count). The van der Waals surface area contributed by atoms with Crippen molar-refractivity contribution < 1.29 is 24.6 Å². The first-order valence-electron chi connectivity index (χ1n) is 8.35. The quantitative estimate of drug-likeness (QED) is 0.650. The summed E-state index contributed by atoms with van der Waals surface area (Å²) in [6, 6.07) is 5.90. The maximum atomic E-state index is 12.5. The first-order chi connectivity index (χ1) is 12.3. The fraction of sp³-hybridized carbons (Fsp3) is 0.444. The monoisotopic (exact) mass is 359 g/mol. The Balaban J connectivity index is 2.09. The minimum atomic E-state index is -1.14. The zero-order valence-electron chi connectivity index (χ0n) is 14.4. The second-order valence-electron chi connectivity index (χ2n) is 6.28. The van der Waals surface area contributed by atoms with Gasteiger partial charge in [-0.05, 0) is 37.8 Å². The molecule has 8 nitrogen and oxygen atoms in total. The zero-order valence-corrected chi connectivity index (χ0v) is 14.4. The first kappa shape index (κ1) is 19.4. The molecule has 1 aromatic carbocycles. The summed E-state index contributed by atoms with van der Waals surface area (Å²) in [5, 5.41) is 30.6. The summed E-state index contributed by atoms with van der Waals surface area (Å²) in [5.41, 5.74) is 0.948. The van der Waals surface area contributed by atoms with Gasteiger partial charge in [0, 0.05) is 6.54 Å². The summed E-state index contributed by atoms with van der Waals surface area (Å²) in [4.78, 5) is 36.7. The van der Waals surface area contributed by atoms with Crippen molar-refractivity contribution in [2.45, 2.75) is 44.3 Å². The summed E-state index contributed by atoms with van der Waals surface area (Å²) in [6.07, 6.45) is 1.04. The van der Waals surface area contributed by atoms with E-state index in [1.165, 1.54) is 11.8 Å². The van der Waals surface area contributed by atoms with Gasteiger partial charge in [0.25, 0.3) is 0 Å². The Bertz CT molecular complexity index is 743. The van der Waals surface area contributed by atoms with Crippen molar-refractivity contribution in [1.82, 2.24) is 10.2 Å². The van der Waals surface area contributed by atoms with Crippen molar-refractivity contribution in [3.63, 3.8) is 0 Å². The van der Waals surface area contributed by atoms with Gasteiger partial charge in [-0.15, -0.1) is 0 Å². The van der Waals surface area contributed by atoms with Gasteiger partial charge in [0.2, 0.25) is 5.91 Å². The summed E-state index contributed by atoms with van der Waals surface area (Å²) in [7, 11) is 0. The maximum Gasteiger partial charge on any atom is 0.326 e. The Labute approximate surface area is 151 Å². The molecular formula is C18H21N3O5. The van der Waals surface area contributed by atoms with Crippen LogP contribution in [0.3, 0.4) is 0 Å². The number of nitrogens with one attached hydrogen (secondary N) is 1. The van der Waals surface area contributed by atoms with E-state index in [1.54, 1.807) is 24.3 Å². The number of rotatable bonds is 7. The lowest BCUT2D eigenvalue weighted by Crippen LogP contribution is -2.53. The van der Waals surface area contributed by atoms with Gasteiger partial charge in [0.15, 0.2) is 0 Å². The molecular weight excluding hydrogens is 338 g/mol. The third kappa shape index (κ3) is 4.37. The number of carboxylic acid groups (broad SMARTS) is 2. The molecule has 1 heterocycles. The molecule has 0 aromatic heterocycles. The second-order valence-corrected chi connectivity index (χ2v) is 6.28. The summed E-state index contributed by atoms with van der Waals surface area (Å²) < 4.78 is 0. The standard InChI is InChI=1S/C18H21N3O5/c1-11(16(22)21-8-4-7-15(21)18(25)26)20-14(17(23)24)9-12-5-2-3-6-13(12)10-19/h2-3,5-6,11,14-15,20H,4,7-9H2,1H3,(H,23,24)(H,25,26)/t11-,14?,15-/m0/s1. The Morgan fingerprint density at radius 1 is 1.35 bits per heavy atom. The van der Waals surface area contributed by atoms with Gasteiger partial charge in [0.05, 0.1) is 17.7 Å². The third-order valence-corrected chi connectivity index (χ3v) is 4.50. The minimum absolute atomic E-state index is 0.0407. The second kappa shape index (κ2) is 8.45. The number of hydrogen-bond acceptors (Lipinski definition) is 5. The number of carboxylic acids is 2. The molecule has 0 bridgehead atoms. The van der Waals surface area contributed by atoms with E-state index in [9.17, 15) is 24.6 Å². The van der Waals surface area contributed by atoms with Crippen molar-refractivity contribution in [1.29, 1.82) is 5.26 Å². The molecule has 3 N–H and O–H groups in total. The average molecular weight is 359 g/mol. The fourth-order valence-corrected chi connectivity index (χ4v) is 3.15. The van der Waals surface area contributed by atoms with Gasteiger partial charge in [-0.2, -0.15) is 5.26 Å². The van der Waals surface area contributed by atoms with E-state index in [4.69, 9.17) is 5.26 Å². The fourth-order valence-electron chi connectivity index (χ4n) is 3.15. The molecule has 1 aliphatic heterocycles. The van der Waals surface area contributed by atoms with Crippen LogP contribution in [0, 0.1) is 11.3 Å². The van der Waals surface area contributed by atoms with Crippen molar-refractivity contribution in [2.24, 2.45) is 0 Å². The van der Waals surface area contributed by atoms with Gasteiger partial charge in [-0.1, -0.05) is 18.2 Å². The first-order valence-corrected chi connectivity index (χ1v) is 8.35. The molecule has 1 amide bonds. The highest BCUT2D eigenvalue weighted by Crippen LogP contribution is 2.19. The van der Waals surface area contributed by atoms with E-state index in [1.807, 2.05) is 6.07 Å². The number of aliphatic carboxylic acids is 2. The molecule has 1 saturated heterocycles. The Hall–Kier alpha value is -2.92. The molecule has 3 atom stereocenters. The van der Waals surface area contributed by atoms with Crippen LogP contribution in [0.25, 0.3) is 0 Å². The zero-order chi connectivity index (χ0) is 19.3. The van der Waals surface area contributed by atoms with Gasteiger partial charge >= 0.3 is 11.9 Å². The number of carbonyl (C=O) groups excluding carboxylic acids is 1. The van der Waals surface area contributed by atoms with E-state index in [0.29, 0.717) is 30.5 Å². The molecule has 26 heavy (non-hydrogen) atoms. The van der Waals surface area contributed by atoms with Crippen LogP contribution in [-0.4, -0.2) is 57.6 Å². The molecule has 0 saturated carbocycles. The molecule has 1 aromatic rings. The SMILES string of the molecule is C[C@H](NC(Cc1ccccc1C#N)C(=O)O)C(=O)N1CCC[C@H]1C(=O)O. The van der Waals surface area contributed by atoms with Gasteiger partial charge in [-0.25, -0.2) is 4.79 Å². The maximum absolute atomic E-state index is 12.5. The number of carbonyl (C=O) groups is 3. The molecule has 0 radical (unpaired) electrons. The van der Waals surface area contributed by atoms with Crippen molar-refractivity contribution >= 4 is 17.8 Å². The smallest absolute Gasteiger partial charge is 0.326 e. The van der Waals surface area contributed by atoms with E-state index in [2.05, 4.69) is 5.32 Å². The van der Waals surface area contributed by atoms with Crippen LogP contribution in [0.2, 0.25) is 0 Å². The van der Waals surface area contributed by atoms with Crippen molar-refractivity contribution in [2.75, 3.05) is 6.54 Å². The molecule has 8 heteroatoms. The molecule has 0 aliphatic carbocycles. The van der Waals surface area contributed by atoms with Gasteiger partial charge in [-0.3, -0.25) is 14.9 Å². The summed E-state index contributed by atoms with van der Waals surface area (Å²) in [5.74, 6) is -2.64. The summed E-state index contributed by atoms with van der Waals surface area (Å²) >= 11 is 0. The molecule has 138 valence electrons. The van der Waals surface area contributed by atoms with Crippen molar-refractivity contribution in [3.05, 3.63) is 35.4 Å². The lowest BCUT2D eigenvalue weighted by molar-refractivity contribution is -0.149. The van der Waals surface area contributed by atoms with Crippen LogP contribution >= 0.6 is 0 Å². The highest BCUT2D eigenvalue weighted by atomic mass is 16.4. The third-order valence-electron chi connectivity index (χ3n) is 4.50. The molecule has 1 fully saturated rings. The number of nitrogens with zero attached hydrogens (tertiary/aromatic N) is 2. The number of likely N-dealkylation sites (tertiary alicyclic amines) is 1. The molecule has 0 spiro atoms. The van der Waals surface area contributed by atoms with Crippen LogP contribution in [0.4, 0.5) is 0 Å². The molecule has 1 unspecified atom stereocenters. The number of benzene rings is 1. The minimum Gasteiger partial charge on any atom is -0.480 e. The van der Waals surface area contributed by atoms with E-state index >= 15 is 0 Å². The van der Waals surface area contributed by atoms with Crippen LogP contribution in [-0.2, 0) is 20.8 Å². The van der Waals surface area contributed by atoms with Gasteiger partial charge in [0.1, 0.15) is 12.1 Å². The number of hydrogen-bond donors (Lipinski definition) is 3. The van der Waals surface area contributed by atoms with Crippen LogP contribution in [0.5, 0.6) is 0 Å². The lowest BCUT2D eigenvalue weighted by atomic mass is 10.0. The Morgan fingerprint density at radius 2 is 2.04 bits per heavy atom. The predicted molar refractivity (Wildman–Crippen MR) is 91.3 cm³/mol. The number of nitriles is 1. The van der Waals surface area contributed by atoms with E-state index in [0.717, 1.165) is 0 Å². The Morgan fingerprint density at radius 3 is 2.65 bits per heavy atom. The highest BCUT2D eigenvalue weighted by molar-refractivity contribution is 5.88. The van der Waals surface area contributed by atoms with Crippen molar-refractivity contribution in [3.8, 4) is 6.07 Å². The predicted octanol–water partition coefficient (Wildman–Crippen LogP) is 0.608.